The molecule has 0 saturated heterocycles. The van der Waals surface area contributed by atoms with E-state index in [0.29, 0.717) is 25.3 Å². The van der Waals surface area contributed by atoms with Crippen molar-refractivity contribution >= 4 is 27.7 Å². The molecule has 0 heterocycles. The smallest absolute Gasteiger partial charge is 0.261 e. The fraction of sp³-hybridized carbons (Fsp3) is 0.310. The molecule has 5 nitrogen and oxygen atoms in total. The van der Waals surface area contributed by atoms with E-state index >= 15 is 0 Å². The van der Waals surface area contributed by atoms with Crippen LogP contribution >= 0.6 is 15.9 Å². The second-order valence-electron chi connectivity index (χ2n) is 8.64. The van der Waals surface area contributed by atoms with E-state index in [1.54, 1.807) is 4.90 Å². The van der Waals surface area contributed by atoms with Crippen molar-refractivity contribution < 1.29 is 14.3 Å². The summed E-state index contributed by atoms with van der Waals surface area (Å²) < 4.78 is 6.85. The Morgan fingerprint density at radius 1 is 0.971 bits per heavy atom. The van der Waals surface area contributed by atoms with E-state index in [1.807, 2.05) is 93.6 Å². The highest BCUT2D eigenvalue weighted by atomic mass is 79.9. The van der Waals surface area contributed by atoms with Gasteiger partial charge in [0.2, 0.25) is 5.91 Å². The molecule has 2 amide bonds. The second-order valence-corrected chi connectivity index (χ2v) is 9.50. The molecule has 0 radical (unpaired) electrons. The lowest BCUT2D eigenvalue weighted by Crippen LogP contribution is -2.51. The number of rotatable bonds is 11. The zero-order valence-electron chi connectivity index (χ0n) is 20.6. The molecule has 3 rings (SSSR count). The molecule has 0 bridgehead atoms. The largest absolute Gasteiger partial charge is 0.484 e. The number of carbonyl (C=O) groups is 2. The van der Waals surface area contributed by atoms with Crippen molar-refractivity contribution in [2.45, 2.75) is 46.2 Å². The predicted octanol–water partition coefficient (Wildman–Crippen LogP) is 5.61. The average molecular weight is 537 g/mol. The number of nitrogens with zero attached hydrogens (tertiary/aromatic N) is 1. The molecule has 0 aliphatic heterocycles. The summed E-state index contributed by atoms with van der Waals surface area (Å²) >= 11 is 3.49. The minimum atomic E-state index is -0.661. The van der Waals surface area contributed by atoms with E-state index < -0.39 is 6.04 Å². The number of benzene rings is 3. The monoisotopic (exact) mass is 536 g/mol. The Bertz CT molecular complexity index is 1130. The number of hydrogen-bond acceptors (Lipinski definition) is 3. The van der Waals surface area contributed by atoms with E-state index in [9.17, 15) is 9.59 Å². The zero-order chi connectivity index (χ0) is 25.2. The maximum Gasteiger partial charge on any atom is 0.261 e. The van der Waals surface area contributed by atoms with Gasteiger partial charge in [-0.05, 0) is 60.7 Å². The molecule has 0 fully saturated rings. The maximum atomic E-state index is 13.6. The van der Waals surface area contributed by atoms with E-state index in [2.05, 4.69) is 21.2 Å². The third-order valence-electron chi connectivity index (χ3n) is 5.91. The van der Waals surface area contributed by atoms with Crippen LogP contribution in [-0.4, -0.2) is 35.9 Å². The summed E-state index contributed by atoms with van der Waals surface area (Å²) in [7, 11) is 0. The minimum Gasteiger partial charge on any atom is -0.484 e. The van der Waals surface area contributed by atoms with Crippen LogP contribution in [0.25, 0.3) is 0 Å². The lowest BCUT2D eigenvalue weighted by Gasteiger charge is -2.32. The molecule has 0 aliphatic carbocycles. The van der Waals surface area contributed by atoms with Gasteiger partial charge in [0.15, 0.2) is 6.61 Å². The Morgan fingerprint density at radius 2 is 1.69 bits per heavy atom. The zero-order valence-corrected chi connectivity index (χ0v) is 22.2. The molecule has 1 N–H and O–H groups in total. The minimum absolute atomic E-state index is 0.153. The first kappa shape index (κ1) is 26.5. The van der Waals surface area contributed by atoms with Gasteiger partial charge < -0.3 is 15.0 Å². The van der Waals surface area contributed by atoms with Gasteiger partial charge in [-0.15, -0.1) is 0 Å². The Kier molecular flexibility index (Phi) is 9.91. The number of nitrogens with one attached hydrogen (secondary N) is 1. The van der Waals surface area contributed by atoms with Crippen molar-refractivity contribution in [3.8, 4) is 5.75 Å². The Morgan fingerprint density at radius 3 is 2.37 bits per heavy atom. The molecule has 0 unspecified atom stereocenters. The molecular weight excluding hydrogens is 504 g/mol. The fourth-order valence-electron chi connectivity index (χ4n) is 3.83. The summed E-state index contributed by atoms with van der Waals surface area (Å²) in [6.07, 6.45) is 1.24. The van der Waals surface area contributed by atoms with Crippen molar-refractivity contribution in [2.75, 3.05) is 13.2 Å². The number of ether oxygens (including phenoxy) is 1. The van der Waals surface area contributed by atoms with Gasteiger partial charge in [-0.2, -0.15) is 0 Å². The van der Waals surface area contributed by atoms with Crippen LogP contribution in [0.1, 0.15) is 35.6 Å². The lowest BCUT2D eigenvalue weighted by molar-refractivity contribution is -0.142. The van der Waals surface area contributed by atoms with Gasteiger partial charge in [0, 0.05) is 24.0 Å². The molecular formula is C29H33BrN2O3. The van der Waals surface area contributed by atoms with Crippen molar-refractivity contribution in [2.24, 2.45) is 0 Å². The third-order valence-corrected chi connectivity index (χ3v) is 6.80. The van der Waals surface area contributed by atoms with Gasteiger partial charge in [-0.25, -0.2) is 0 Å². The van der Waals surface area contributed by atoms with E-state index in [1.165, 1.54) is 0 Å². The second kappa shape index (κ2) is 13.1. The molecule has 0 spiro atoms. The molecule has 0 saturated carbocycles. The quantitative estimate of drug-likeness (QED) is 0.346. The number of halogens is 1. The van der Waals surface area contributed by atoms with Gasteiger partial charge in [-0.3, -0.25) is 9.59 Å². The highest BCUT2D eigenvalue weighted by molar-refractivity contribution is 9.10. The molecule has 35 heavy (non-hydrogen) atoms. The van der Waals surface area contributed by atoms with Crippen LogP contribution in [0.15, 0.2) is 77.3 Å². The first-order valence-corrected chi connectivity index (χ1v) is 12.7. The van der Waals surface area contributed by atoms with Gasteiger partial charge >= 0.3 is 0 Å². The summed E-state index contributed by atoms with van der Waals surface area (Å²) in [5.74, 6) is 0.225. The number of amides is 2. The Balaban J connectivity index is 1.90. The summed E-state index contributed by atoms with van der Waals surface area (Å²) in [6, 6.07) is 22.7. The van der Waals surface area contributed by atoms with E-state index in [0.717, 1.165) is 33.1 Å². The number of carbonyl (C=O) groups excluding carboxylic acids is 2. The van der Waals surface area contributed by atoms with Gasteiger partial charge in [-0.1, -0.05) is 77.5 Å². The van der Waals surface area contributed by atoms with Crippen LogP contribution in [-0.2, 0) is 22.6 Å². The summed E-state index contributed by atoms with van der Waals surface area (Å²) in [4.78, 5) is 28.6. The summed E-state index contributed by atoms with van der Waals surface area (Å²) in [5.41, 5.74) is 4.09. The molecule has 3 aromatic rings. The van der Waals surface area contributed by atoms with Crippen LogP contribution in [0.4, 0.5) is 0 Å². The fourth-order valence-corrected chi connectivity index (χ4v) is 4.07. The first-order chi connectivity index (χ1) is 16.9. The molecule has 1 atom stereocenters. The Labute approximate surface area is 216 Å². The van der Waals surface area contributed by atoms with Crippen molar-refractivity contribution in [1.82, 2.24) is 10.2 Å². The predicted molar refractivity (Wildman–Crippen MR) is 143 cm³/mol. The van der Waals surface area contributed by atoms with Crippen LogP contribution in [0.5, 0.6) is 5.75 Å². The van der Waals surface area contributed by atoms with Crippen molar-refractivity contribution in [3.05, 3.63) is 99.5 Å². The molecule has 0 aliphatic rings. The first-order valence-electron chi connectivity index (χ1n) is 11.9. The van der Waals surface area contributed by atoms with Crippen LogP contribution < -0.4 is 10.1 Å². The van der Waals surface area contributed by atoms with Gasteiger partial charge in [0.05, 0.1) is 0 Å². The molecule has 184 valence electrons. The van der Waals surface area contributed by atoms with E-state index in [-0.39, 0.29) is 18.4 Å². The number of hydrogen-bond donors (Lipinski definition) is 1. The van der Waals surface area contributed by atoms with Crippen LogP contribution in [0, 0.1) is 13.8 Å². The van der Waals surface area contributed by atoms with Crippen LogP contribution in [0.3, 0.4) is 0 Å². The summed E-state index contributed by atoms with van der Waals surface area (Å²) in [6.45, 7) is 6.73. The van der Waals surface area contributed by atoms with Crippen LogP contribution in [0.2, 0.25) is 0 Å². The van der Waals surface area contributed by atoms with Crippen molar-refractivity contribution in [1.29, 1.82) is 0 Å². The molecule has 0 aromatic heterocycles. The number of aryl methyl sites for hydroxylation is 2. The normalized spacial score (nSPS) is 11.5. The highest BCUT2D eigenvalue weighted by Crippen LogP contribution is 2.22. The molecule has 3 aromatic carbocycles. The third kappa shape index (κ3) is 7.69. The maximum absolute atomic E-state index is 13.6. The van der Waals surface area contributed by atoms with Crippen molar-refractivity contribution in [3.63, 3.8) is 0 Å². The highest BCUT2D eigenvalue weighted by Gasteiger charge is 2.30. The van der Waals surface area contributed by atoms with Gasteiger partial charge in [0.25, 0.3) is 5.91 Å². The SMILES string of the molecule is CCCNC(=O)[C@H](Cc1ccccc1)N(Cc1ccccc1C)C(=O)COc1ccc(Br)c(C)c1. The Hall–Kier alpha value is -3.12. The lowest BCUT2D eigenvalue weighted by atomic mass is 10.0. The molecule has 6 heteroatoms. The van der Waals surface area contributed by atoms with E-state index in [4.69, 9.17) is 4.74 Å². The standard InChI is InChI=1S/C29H33BrN2O3/c1-4-16-31-29(34)27(18-23-11-6-5-7-12-23)32(19-24-13-9-8-10-21(24)2)28(33)20-35-25-14-15-26(30)22(3)17-25/h5-15,17,27H,4,16,18-20H2,1-3H3,(H,31,34)/t27-/m0/s1. The summed E-state index contributed by atoms with van der Waals surface area (Å²) in [5, 5.41) is 3.00. The average Bonchev–Trinajstić information content (AvgIpc) is 2.86. The topological polar surface area (TPSA) is 58.6 Å². The van der Waals surface area contributed by atoms with Gasteiger partial charge in [0.1, 0.15) is 11.8 Å².